The summed E-state index contributed by atoms with van der Waals surface area (Å²) >= 11 is 1.50. The molecule has 0 radical (unpaired) electrons. The Morgan fingerprint density at radius 1 is 1.71 bits per heavy atom. The van der Waals surface area contributed by atoms with E-state index in [2.05, 4.69) is 17.2 Å². The van der Waals surface area contributed by atoms with Crippen LogP contribution in [0.4, 0.5) is 0 Å². The summed E-state index contributed by atoms with van der Waals surface area (Å²) in [6, 6.07) is 0.394. The highest BCUT2D eigenvalue weighted by Gasteiger charge is 2.24. The summed E-state index contributed by atoms with van der Waals surface area (Å²) in [6.07, 6.45) is 8.84. The third kappa shape index (κ3) is 4.01. The molecule has 0 heterocycles. The van der Waals surface area contributed by atoms with Crippen molar-refractivity contribution < 1.29 is 0 Å². The van der Waals surface area contributed by atoms with E-state index in [0.29, 0.717) is 6.04 Å². The van der Waals surface area contributed by atoms with Crippen LogP contribution in [0.5, 0.6) is 0 Å². The van der Waals surface area contributed by atoms with Gasteiger partial charge in [-0.2, -0.15) is 5.26 Å². The van der Waals surface area contributed by atoms with Crippen molar-refractivity contribution in [1.29, 1.82) is 5.26 Å². The Morgan fingerprint density at radius 2 is 2.43 bits per heavy atom. The summed E-state index contributed by atoms with van der Waals surface area (Å²) in [5.74, 6) is 0.897. The molecule has 0 aromatic rings. The fraction of sp³-hybridized carbons (Fsp3) is 0.800. The van der Waals surface area contributed by atoms with E-state index in [9.17, 15) is 0 Å². The van der Waals surface area contributed by atoms with E-state index in [1.54, 1.807) is 0 Å². The van der Waals surface area contributed by atoms with Gasteiger partial charge in [-0.3, -0.25) is 10.3 Å². The maximum atomic E-state index is 8.49. The molecule has 0 aromatic carbocycles. The van der Waals surface area contributed by atoms with Crippen LogP contribution in [-0.4, -0.2) is 17.5 Å². The van der Waals surface area contributed by atoms with Crippen molar-refractivity contribution in [3.63, 3.8) is 0 Å². The molecule has 78 valence electrons. The summed E-state index contributed by atoms with van der Waals surface area (Å²) < 4.78 is 0. The third-order valence-electron chi connectivity index (χ3n) is 2.43. The monoisotopic (exact) mass is 211 g/mol. The third-order valence-corrected chi connectivity index (χ3v) is 3.02. The second-order valence-electron chi connectivity index (χ2n) is 3.62. The van der Waals surface area contributed by atoms with E-state index in [4.69, 9.17) is 5.26 Å². The van der Waals surface area contributed by atoms with Crippen LogP contribution in [0.25, 0.3) is 0 Å². The Kier molecular flexibility index (Phi) is 4.81. The molecule has 1 aliphatic rings. The van der Waals surface area contributed by atoms with Gasteiger partial charge in [0.1, 0.15) is 0 Å². The number of nitriles is 1. The molecule has 4 heteroatoms. The van der Waals surface area contributed by atoms with Crippen LogP contribution in [0.1, 0.15) is 32.6 Å². The van der Waals surface area contributed by atoms with Gasteiger partial charge in [0.25, 0.3) is 0 Å². The lowest BCUT2D eigenvalue weighted by Crippen LogP contribution is -2.17. The van der Waals surface area contributed by atoms with E-state index in [1.165, 1.54) is 31.0 Å². The van der Waals surface area contributed by atoms with Gasteiger partial charge < -0.3 is 0 Å². The first-order valence-electron chi connectivity index (χ1n) is 5.07. The number of nitrogens with zero attached hydrogens (tertiary/aromatic N) is 2. The van der Waals surface area contributed by atoms with Gasteiger partial charge in [0, 0.05) is 0 Å². The van der Waals surface area contributed by atoms with Gasteiger partial charge in [0.2, 0.25) is 0 Å². The predicted molar refractivity (Wildman–Crippen MR) is 61.1 cm³/mol. The SMILES string of the molecule is CCC(CC1CC1)N=C(NC#N)SC. The molecule has 14 heavy (non-hydrogen) atoms. The quantitative estimate of drug-likeness (QED) is 0.336. The van der Waals surface area contributed by atoms with E-state index in [0.717, 1.165) is 17.5 Å². The summed E-state index contributed by atoms with van der Waals surface area (Å²) in [5.41, 5.74) is 0. The molecule has 1 atom stereocenters. The first kappa shape index (κ1) is 11.4. The smallest absolute Gasteiger partial charge is 0.183 e. The Morgan fingerprint density at radius 3 is 2.86 bits per heavy atom. The van der Waals surface area contributed by atoms with Crippen molar-refractivity contribution in [3.05, 3.63) is 0 Å². The number of rotatable bonds is 4. The molecule has 1 saturated carbocycles. The van der Waals surface area contributed by atoms with E-state index < -0.39 is 0 Å². The number of aliphatic imine (C=N–C) groups is 1. The van der Waals surface area contributed by atoms with Gasteiger partial charge in [-0.25, -0.2) is 0 Å². The maximum absolute atomic E-state index is 8.49. The lowest BCUT2D eigenvalue weighted by atomic mass is 10.1. The van der Waals surface area contributed by atoms with E-state index in [1.807, 2.05) is 12.4 Å². The number of amidine groups is 1. The summed E-state index contributed by atoms with van der Waals surface area (Å²) in [6.45, 7) is 2.15. The Hall–Kier alpha value is -0.690. The van der Waals surface area contributed by atoms with Crippen LogP contribution in [0.3, 0.4) is 0 Å². The van der Waals surface area contributed by atoms with Crippen LogP contribution in [-0.2, 0) is 0 Å². The molecule has 3 nitrogen and oxygen atoms in total. The maximum Gasteiger partial charge on any atom is 0.183 e. The van der Waals surface area contributed by atoms with Gasteiger partial charge in [-0.1, -0.05) is 31.5 Å². The molecule has 0 amide bonds. The normalized spacial score (nSPS) is 18.8. The molecule has 1 aliphatic carbocycles. The van der Waals surface area contributed by atoms with E-state index >= 15 is 0 Å². The van der Waals surface area contributed by atoms with E-state index in [-0.39, 0.29) is 0 Å². The molecule has 0 saturated heterocycles. The van der Waals surface area contributed by atoms with Crippen LogP contribution >= 0.6 is 11.8 Å². The predicted octanol–water partition coefficient (Wildman–Crippen LogP) is 2.35. The fourth-order valence-corrected chi connectivity index (χ4v) is 1.80. The zero-order chi connectivity index (χ0) is 10.4. The largest absolute Gasteiger partial charge is 0.272 e. The van der Waals surface area contributed by atoms with Crippen LogP contribution in [0.15, 0.2) is 4.99 Å². The average Bonchev–Trinajstić information content (AvgIpc) is 2.99. The second kappa shape index (κ2) is 5.92. The van der Waals surface area contributed by atoms with Crippen molar-refractivity contribution in [1.82, 2.24) is 5.32 Å². The first-order valence-corrected chi connectivity index (χ1v) is 6.29. The Labute approximate surface area is 90.0 Å². The number of nitrogens with one attached hydrogen (secondary N) is 1. The molecule has 1 N–H and O–H groups in total. The summed E-state index contributed by atoms with van der Waals surface area (Å²) in [5, 5.41) is 11.9. The molecular weight excluding hydrogens is 194 g/mol. The van der Waals surface area contributed by atoms with Crippen LogP contribution < -0.4 is 5.32 Å². The topological polar surface area (TPSA) is 48.2 Å². The molecule has 0 aliphatic heterocycles. The van der Waals surface area contributed by atoms with Crippen LogP contribution in [0, 0.1) is 17.4 Å². The summed E-state index contributed by atoms with van der Waals surface area (Å²) in [4.78, 5) is 4.53. The van der Waals surface area contributed by atoms with Gasteiger partial charge in [0.15, 0.2) is 11.4 Å². The Balaban J connectivity index is 2.44. The van der Waals surface area contributed by atoms with Gasteiger partial charge in [-0.05, 0) is 25.0 Å². The summed E-state index contributed by atoms with van der Waals surface area (Å²) in [7, 11) is 0. The fourth-order valence-electron chi connectivity index (χ4n) is 1.40. The van der Waals surface area contributed by atoms with Gasteiger partial charge >= 0.3 is 0 Å². The lowest BCUT2D eigenvalue weighted by molar-refractivity contribution is 0.557. The molecule has 0 spiro atoms. The van der Waals surface area contributed by atoms with Crippen molar-refractivity contribution in [2.45, 2.75) is 38.6 Å². The number of thioether (sulfide) groups is 1. The van der Waals surface area contributed by atoms with Gasteiger partial charge in [-0.15, -0.1) is 0 Å². The number of hydrogen-bond acceptors (Lipinski definition) is 3. The van der Waals surface area contributed by atoms with Crippen molar-refractivity contribution in [3.8, 4) is 6.19 Å². The second-order valence-corrected chi connectivity index (χ2v) is 4.41. The highest BCUT2D eigenvalue weighted by molar-refractivity contribution is 8.13. The standard InChI is InChI=1S/C10H17N3S/c1-3-9(6-8-4-5-8)13-10(14-2)12-7-11/h8-9H,3-6H2,1-2H3,(H,12,13). The first-order chi connectivity index (χ1) is 6.80. The zero-order valence-corrected chi connectivity index (χ0v) is 9.60. The van der Waals surface area contributed by atoms with Crippen molar-refractivity contribution in [2.75, 3.05) is 6.26 Å². The molecule has 0 aromatic heterocycles. The van der Waals surface area contributed by atoms with Crippen molar-refractivity contribution in [2.24, 2.45) is 10.9 Å². The minimum Gasteiger partial charge on any atom is -0.272 e. The average molecular weight is 211 g/mol. The highest BCUT2D eigenvalue weighted by atomic mass is 32.2. The Bertz CT molecular complexity index is 240. The zero-order valence-electron chi connectivity index (χ0n) is 8.79. The molecule has 0 bridgehead atoms. The highest BCUT2D eigenvalue weighted by Crippen LogP contribution is 2.34. The minimum absolute atomic E-state index is 0.394. The molecular formula is C10H17N3S. The van der Waals surface area contributed by atoms with Crippen molar-refractivity contribution >= 4 is 16.9 Å². The van der Waals surface area contributed by atoms with Crippen LogP contribution in [0.2, 0.25) is 0 Å². The minimum atomic E-state index is 0.394. The molecule has 1 rings (SSSR count). The number of hydrogen-bond donors (Lipinski definition) is 1. The lowest BCUT2D eigenvalue weighted by Gasteiger charge is -2.10. The molecule has 1 unspecified atom stereocenters. The van der Waals surface area contributed by atoms with Gasteiger partial charge in [0.05, 0.1) is 6.04 Å². The molecule has 1 fully saturated rings.